The number of aromatic nitrogens is 2. The number of benzene rings is 1. The summed E-state index contributed by atoms with van der Waals surface area (Å²) in [7, 11) is 0. The third kappa shape index (κ3) is 2.27. The molecule has 0 saturated heterocycles. The summed E-state index contributed by atoms with van der Waals surface area (Å²) in [6.07, 6.45) is 2.18. The fraction of sp³-hybridized carbons (Fsp3) is 0.214. The van der Waals surface area contributed by atoms with Gasteiger partial charge in [-0.15, -0.1) is 0 Å². The lowest BCUT2D eigenvalue weighted by atomic mass is 10.1. The molecule has 118 valence electrons. The lowest BCUT2D eigenvalue weighted by molar-refractivity contribution is -0.397. The van der Waals surface area contributed by atoms with Gasteiger partial charge in [0.05, 0.1) is 29.5 Å². The molecule has 1 unspecified atom stereocenters. The summed E-state index contributed by atoms with van der Waals surface area (Å²) in [6.45, 7) is 1.75. The van der Waals surface area contributed by atoms with E-state index in [0.29, 0.717) is 11.1 Å². The molecule has 4 bridgehead atoms. The molecule has 3 aliphatic rings. The van der Waals surface area contributed by atoms with E-state index in [1.165, 1.54) is 21.9 Å². The van der Waals surface area contributed by atoms with Crippen LogP contribution in [0.4, 0.5) is 11.6 Å². The monoisotopic (exact) mass is 316 g/mol. The second-order valence-corrected chi connectivity index (χ2v) is 5.13. The van der Waals surface area contributed by atoms with Gasteiger partial charge in [-0.25, -0.2) is 9.47 Å². The van der Waals surface area contributed by atoms with Gasteiger partial charge in [0, 0.05) is 0 Å². The second-order valence-electron chi connectivity index (χ2n) is 5.13. The molecular formula is C14H12N4O5. The van der Waals surface area contributed by atoms with Crippen LogP contribution < -0.4 is 4.90 Å². The number of imide groups is 1. The summed E-state index contributed by atoms with van der Waals surface area (Å²) in [6, 6.07) is 5.26. The van der Waals surface area contributed by atoms with Gasteiger partial charge in [0.2, 0.25) is 0 Å². The topological polar surface area (TPSA) is 119 Å². The van der Waals surface area contributed by atoms with Crippen LogP contribution in [0.15, 0.2) is 30.6 Å². The standard InChI is InChI=1S/C8H3NO2.C6H9N3O3/c10-7-4-2-1-3-5-6(4)8(11)9(5)7;1-5(10)4-8-3-2-7-6(8)9(11)12/h1-3H;2-3,5,10H,4H2,1H3. The number of hydrogen-bond acceptors (Lipinski definition) is 6. The number of rotatable bonds is 3. The van der Waals surface area contributed by atoms with Crippen LogP contribution in [0.3, 0.4) is 0 Å². The van der Waals surface area contributed by atoms with Gasteiger partial charge in [0.25, 0.3) is 11.8 Å². The van der Waals surface area contributed by atoms with E-state index in [1.54, 1.807) is 25.1 Å². The SMILES string of the molecule is CC(O)Cn1ccnc1[N+](=O)[O-].O=C1c2cccc3c2C(=O)N13. The Bertz CT molecular complexity index is 826. The van der Waals surface area contributed by atoms with Gasteiger partial charge in [-0.05, 0) is 24.0 Å². The highest BCUT2D eigenvalue weighted by Crippen LogP contribution is 2.43. The maximum Gasteiger partial charge on any atom is 0.434 e. The number of nitro groups is 1. The minimum atomic E-state index is -0.613. The molecule has 5 rings (SSSR count). The Morgan fingerprint density at radius 1 is 1.35 bits per heavy atom. The zero-order valence-corrected chi connectivity index (χ0v) is 12.0. The molecule has 0 aliphatic carbocycles. The largest absolute Gasteiger partial charge is 0.434 e. The van der Waals surface area contributed by atoms with E-state index in [4.69, 9.17) is 5.11 Å². The number of amides is 2. The molecule has 9 heteroatoms. The molecule has 23 heavy (non-hydrogen) atoms. The van der Waals surface area contributed by atoms with Gasteiger partial charge >= 0.3 is 5.95 Å². The van der Waals surface area contributed by atoms with Crippen molar-refractivity contribution in [3.8, 4) is 0 Å². The first-order valence-corrected chi connectivity index (χ1v) is 6.77. The quantitative estimate of drug-likeness (QED) is 0.512. The van der Waals surface area contributed by atoms with E-state index in [0.717, 1.165) is 5.69 Å². The molecule has 2 amide bonds. The average molecular weight is 316 g/mol. The lowest BCUT2D eigenvalue weighted by Gasteiger charge is -2.20. The molecular weight excluding hydrogens is 304 g/mol. The number of carbonyl (C=O) groups is 2. The minimum Gasteiger partial charge on any atom is -0.390 e. The van der Waals surface area contributed by atoms with Crippen molar-refractivity contribution in [3.05, 3.63) is 51.8 Å². The van der Waals surface area contributed by atoms with Crippen molar-refractivity contribution in [1.82, 2.24) is 9.55 Å². The highest BCUT2D eigenvalue weighted by molar-refractivity contribution is 6.44. The van der Waals surface area contributed by atoms with Crippen molar-refractivity contribution in [2.24, 2.45) is 0 Å². The van der Waals surface area contributed by atoms with Crippen molar-refractivity contribution < 1.29 is 19.6 Å². The summed E-state index contributed by atoms with van der Waals surface area (Å²) < 4.78 is 1.30. The van der Waals surface area contributed by atoms with Crippen molar-refractivity contribution in [3.63, 3.8) is 0 Å². The van der Waals surface area contributed by atoms with Crippen molar-refractivity contribution >= 4 is 23.5 Å². The van der Waals surface area contributed by atoms with E-state index in [9.17, 15) is 19.7 Å². The van der Waals surface area contributed by atoms with Gasteiger partial charge in [-0.3, -0.25) is 9.59 Å². The van der Waals surface area contributed by atoms with Crippen LogP contribution >= 0.6 is 0 Å². The lowest BCUT2D eigenvalue weighted by Crippen LogP contribution is -2.35. The number of hydrogen-bond donors (Lipinski definition) is 1. The molecule has 1 atom stereocenters. The first-order valence-electron chi connectivity index (χ1n) is 6.77. The fourth-order valence-corrected chi connectivity index (χ4v) is 2.52. The fourth-order valence-electron chi connectivity index (χ4n) is 2.52. The number of anilines is 1. The second kappa shape index (κ2) is 5.29. The Labute approximate surface area is 129 Å². The summed E-state index contributed by atoms with van der Waals surface area (Å²) in [5, 5.41) is 19.3. The molecule has 0 fully saturated rings. The van der Waals surface area contributed by atoms with E-state index in [-0.39, 0.29) is 24.3 Å². The van der Waals surface area contributed by atoms with Crippen LogP contribution in [0.25, 0.3) is 0 Å². The van der Waals surface area contributed by atoms with Crippen LogP contribution in [0, 0.1) is 10.1 Å². The first kappa shape index (κ1) is 14.9. The van der Waals surface area contributed by atoms with Crippen LogP contribution in [-0.2, 0) is 6.54 Å². The Morgan fingerprint density at radius 3 is 2.65 bits per heavy atom. The molecule has 0 saturated carbocycles. The van der Waals surface area contributed by atoms with Gasteiger partial charge in [0.1, 0.15) is 12.4 Å². The number of aliphatic hydroxyl groups excluding tert-OH is 1. The zero-order valence-electron chi connectivity index (χ0n) is 12.0. The summed E-state index contributed by atoms with van der Waals surface area (Å²) >= 11 is 0. The maximum absolute atomic E-state index is 11.2. The predicted molar refractivity (Wildman–Crippen MR) is 78.1 cm³/mol. The summed E-state index contributed by atoms with van der Waals surface area (Å²) in [5.41, 5.74) is 1.95. The Kier molecular flexibility index (Phi) is 3.41. The van der Waals surface area contributed by atoms with Gasteiger partial charge in [-0.2, -0.15) is 0 Å². The van der Waals surface area contributed by atoms with E-state index in [2.05, 4.69) is 4.98 Å². The third-order valence-corrected chi connectivity index (χ3v) is 3.45. The summed E-state index contributed by atoms with van der Waals surface area (Å²) in [4.78, 5) is 36.7. The van der Waals surface area contributed by atoms with Gasteiger partial charge < -0.3 is 15.2 Å². The molecule has 4 heterocycles. The minimum absolute atomic E-state index is 0.138. The predicted octanol–water partition coefficient (Wildman–Crippen LogP) is 0.973. The number of nitrogens with zero attached hydrogens (tertiary/aromatic N) is 4. The van der Waals surface area contributed by atoms with E-state index in [1.807, 2.05) is 0 Å². The molecule has 3 aliphatic heterocycles. The van der Waals surface area contributed by atoms with E-state index < -0.39 is 11.0 Å². The summed E-state index contributed by atoms with van der Waals surface area (Å²) in [5.74, 6) is -0.540. The number of carbonyl (C=O) groups excluding carboxylic acids is 2. The highest BCUT2D eigenvalue weighted by atomic mass is 16.6. The smallest absolute Gasteiger partial charge is 0.390 e. The average Bonchev–Trinajstić information content (AvgIpc) is 3.08. The van der Waals surface area contributed by atoms with Crippen LogP contribution in [-0.4, -0.2) is 37.5 Å². The molecule has 1 N–H and O–H groups in total. The Morgan fingerprint density at radius 2 is 2.09 bits per heavy atom. The Balaban J connectivity index is 0.000000136. The molecule has 2 aromatic rings. The Hall–Kier alpha value is -3.07. The molecule has 1 aromatic heterocycles. The number of aliphatic hydroxyl groups is 1. The van der Waals surface area contributed by atoms with Crippen molar-refractivity contribution in [2.75, 3.05) is 4.90 Å². The molecule has 0 spiro atoms. The van der Waals surface area contributed by atoms with Gasteiger partial charge in [-0.1, -0.05) is 11.1 Å². The highest BCUT2D eigenvalue weighted by Gasteiger charge is 2.48. The van der Waals surface area contributed by atoms with E-state index >= 15 is 0 Å². The zero-order chi connectivity index (χ0) is 16.7. The van der Waals surface area contributed by atoms with Gasteiger partial charge in [0.15, 0.2) is 0 Å². The maximum atomic E-state index is 11.2. The number of imidazole rings is 1. The van der Waals surface area contributed by atoms with Crippen LogP contribution in [0.2, 0.25) is 0 Å². The molecule has 0 radical (unpaired) electrons. The van der Waals surface area contributed by atoms with Crippen LogP contribution in [0.1, 0.15) is 27.6 Å². The van der Waals surface area contributed by atoms with Crippen molar-refractivity contribution in [2.45, 2.75) is 19.6 Å². The van der Waals surface area contributed by atoms with Crippen molar-refractivity contribution in [1.29, 1.82) is 0 Å². The first-order chi connectivity index (χ1) is 10.9. The molecule has 1 aromatic carbocycles. The normalized spacial score (nSPS) is 15.0. The molecule has 9 nitrogen and oxygen atoms in total. The third-order valence-electron chi connectivity index (χ3n) is 3.45. The van der Waals surface area contributed by atoms with Crippen LogP contribution in [0.5, 0.6) is 0 Å².